The number of nitrogens with one attached hydrogen (secondary N) is 3. The molecule has 0 aliphatic heterocycles. The number of hydrogen-bond acceptors (Lipinski definition) is 7. The second-order valence-corrected chi connectivity index (χ2v) is 11.4. The third kappa shape index (κ3) is 5.02. The molecule has 0 radical (unpaired) electrons. The lowest BCUT2D eigenvalue weighted by Crippen LogP contribution is -2.34. The van der Waals surface area contributed by atoms with Gasteiger partial charge in [-0.3, -0.25) is 14.2 Å². The van der Waals surface area contributed by atoms with E-state index in [9.17, 15) is 22.8 Å². The zero-order valence-corrected chi connectivity index (χ0v) is 21.5. The number of carbonyl (C=O) groups excluding carboxylic acids is 2. The molecule has 10 nitrogen and oxygen atoms in total. The predicted molar refractivity (Wildman–Crippen MR) is 141 cm³/mol. The molecule has 36 heavy (non-hydrogen) atoms. The summed E-state index contributed by atoms with van der Waals surface area (Å²) in [5.41, 5.74) is 6.29. The molecule has 0 saturated heterocycles. The summed E-state index contributed by atoms with van der Waals surface area (Å²) in [7, 11) is -2.42. The highest BCUT2D eigenvalue weighted by Gasteiger charge is 2.20. The number of nitrogens with zero attached hydrogens (tertiary/aromatic N) is 1. The second kappa shape index (κ2) is 9.82. The third-order valence-electron chi connectivity index (χ3n) is 5.08. The van der Waals surface area contributed by atoms with Gasteiger partial charge >= 0.3 is 6.03 Å². The van der Waals surface area contributed by atoms with Crippen molar-refractivity contribution < 1.29 is 18.0 Å². The van der Waals surface area contributed by atoms with Crippen LogP contribution in [0.25, 0.3) is 16.5 Å². The molecule has 2 aromatic carbocycles. The highest BCUT2D eigenvalue weighted by Crippen LogP contribution is 2.27. The van der Waals surface area contributed by atoms with Gasteiger partial charge in [-0.25, -0.2) is 17.9 Å². The second-order valence-electron chi connectivity index (χ2n) is 7.38. The first kappa shape index (κ1) is 25.5. The fourth-order valence-corrected chi connectivity index (χ4v) is 6.08. The molecule has 3 amide bonds. The summed E-state index contributed by atoms with van der Waals surface area (Å²) >= 11 is 12.9. The van der Waals surface area contributed by atoms with Gasteiger partial charge in [0.15, 0.2) is 0 Å². The molecule has 14 heteroatoms. The van der Waals surface area contributed by atoms with Crippen molar-refractivity contribution in [2.45, 2.75) is 4.21 Å². The summed E-state index contributed by atoms with van der Waals surface area (Å²) < 4.78 is 27.8. The molecule has 4 aromatic rings. The lowest BCUT2D eigenvalue weighted by molar-refractivity contribution is 0.100. The average Bonchev–Trinajstić information content (AvgIpc) is 3.26. The molecular formula is C22H17Cl2N5O5S2. The van der Waals surface area contributed by atoms with E-state index in [0.29, 0.717) is 11.1 Å². The number of benzene rings is 2. The monoisotopic (exact) mass is 565 g/mol. The molecule has 0 fully saturated rings. The van der Waals surface area contributed by atoms with Gasteiger partial charge in [-0.2, -0.15) is 0 Å². The Labute approximate surface area is 218 Å². The summed E-state index contributed by atoms with van der Waals surface area (Å²) in [4.78, 5) is 37.6. The number of halogens is 2. The van der Waals surface area contributed by atoms with Crippen LogP contribution in [0.4, 0.5) is 16.2 Å². The van der Waals surface area contributed by atoms with Crippen LogP contribution >= 0.6 is 34.5 Å². The largest absolute Gasteiger partial charge is 0.388 e. The maximum absolute atomic E-state index is 13.2. The summed E-state index contributed by atoms with van der Waals surface area (Å²) in [5.74, 6) is -0.735. The van der Waals surface area contributed by atoms with E-state index >= 15 is 0 Å². The van der Waals surface area contributed by atoms with E-state index in [1.54, 1.807) is 25.2 Å². The van der Waals surface area contributed by atoms with Gasteiger partial charge in [0, 0.05) is 35.4 Å². The van der Waals surface area contributed by atoms with Crippen molar-refractivity contribution in [2.24, 2.45) is 5.73 Å². The van der Waals surface area contributed by atoms with Gasteiger partial charge in [0.25, 0.3) is 21.5 Å². The molecule has 0 saturated carbocycles. The Morgan fingerprint density at radius 2 is 1.72 bits per heavy atom. The number of primary amides is 1. The number of nitrogens with two attached hydrogens (primary N) is 1. The van der Waals surface area contributed by atoms with E-state index in [0.717, 1.165) is 11.3 Å². The zero-order chi connectivity index (χ0) is 26.2. The summed E-state index contributed by atoms with van der Waals surface area (Å²) in [6.07, 6.45) is 1.30. The van der Waals surface area contributed by atoms with Crippen LogP contribution in [0.5, 0.6) is 0 Å². The minimum atomic E-state index is -4.12. The van der Waals surface area contributed by atoms with Crippen molar-refractivity contribution in [2.75, 3.05) is 17.7 Å². The average molecular weight is 566 g/mol. The van der Waals surface area contributed by atoms with Crippen molar-refractivity contribution in [1.82, 2.24) is 9.29 Å². The molecular weight excluding hydrogens is 549 g/mol. The first-order valence-corrected chi connectivity index (χ1v) is 13.1. The Morgan fingerprint density at radius 1 is 1.00 bits per heavy atom. The van der Waals surface area contributed by atoms with E-state index in [1.807, 2.05) is 4.72 Å². The van der Waals surface area contributed by atoms with Crippen LogP contribution in [0.2, 0.25) is 9.36 Å². The lowest BCUT2D eigenvalue weighted by Gasteiger charge is -2.14. The summed E-state index contributed by atoms with van der Waals surface area (Å²) in [6.45, 7) is 0. The number of hydrogen-bond donors (Lipinski definition) is 4. The molecule has 2 aromatic heterocycles. The van der Waals surface area contributed by atoms with Crippen LogP contribution in [-0.2, 0) is 10.0 Å². The zero-order valence-electron chi connectivity index (χ0n) is 18.3. The van der Waals surface area contributed by atoms with E-state index < -0.39 is 27.5 Å². The van der Waals surface area contributed by atoms with Gasteiger partial charge < -0.3 is 16.4 Å². The van der Waals surface area contributed by atoms with Crippen molar-refractivity contribution >= 4 is 78.6 Å². The molecule has 2 heterocycles. The minimum Gasteiger partial charge on any atom is -0.388 e. The molecule has 0 bridgehead atoms. The number of aromatic nitrogens is 1. The number of amides is 3. The number of fused-ring (bicyclic) bond motifs is 1. The summed E-state index contributed by atoms with van der Waals surface area (Å²) in [6, 6.07) is 10.7. The van der Waals surface area contributed by atoms with E-state index in [-0.39, 0.29) is 35.9 Å². The highest BCUT2D eigenvalue weighted by molar-refractivity contribution is 7.92. The molecule has 186 valence electrons. The molecule has 0 atom stereocenters. The van der Waals surface area contributed by atoms with Crippen molar-refractivity contribution in [3.05, 3.63) is 80.0 Å². The number of pyridine rings is 1. The van der Waals surface area contributed by atoms with Gasteiger partial charge in [-0.05, 0) is 48.5 Å². The van der Waals surface area contributed by atoms with Gasteiger partial charge in [-0.15, -0.1) is 11.3 Å². The number of anilines is 2. The molecule has 0 spiro atoms. The molecule has 0 aliphatic rings. The Balaban J connectivity index is 1.66. The van der Waals surface area contributed by atoms with Crippen molar-refractivity contribution in [3.63, 3.8) is 0 Å². The quantitative estimate of drug-likeness (QED) is 0.277. The number of sulfonamides is 1. The number of thiophene rings is 1. The van der Waals surface area contributed by atoms with Crippen LogP contribution in [0.1, 0.15) is 10.4 Å². The Kier molecular flexibility index (Phi) is 6.96. The summed E-state index contributed by atoms with van der Waals surface area (Å²) in [5, 5.41) is 5.99. The van der Waals surface area contributed by atoms with Gasteiger partial charge in [0.2, 0.25) is 0 Å². The molecule has 0 aliphatic carbocycles. The Morgan fingerprint density at radius 3 is 2.33 bits per heavy atom. The normalized spacial score (nSPS) is 11.3. The standard InChI is InChI=1S/C22H17Cl2N5O5S2/c1-26-11-2-4-13-14(8-11)15(20(25)30)10-29(21(13)31)17-5-3-12(9-16(17)23)27-22(32)28-36(33,34)19-7-6-18(24)35-19/h2-10,26H,1H3,(H2,25,30)(H2,27,28,32). The number of rotatable bonds is 6. The van der Waals surface area contributed by atoms with Crippen LogP contribution in [0.15, 0.2) is 63.7 Å². The number of carbonyl (C=O) groups is 2. The first-order chi connectivity index (χ1) is 17.0. The Bertz CT molecular complexity index is 1700. The molecule has 5 N–H and O–H groups in total. The van der Waals surface area contributed by atoms with Crippen LogP contribution in [0, 0.1) is 0 Å². The minimum absolute atomic E-state index is 0.0458. The molecule has 0 unspecified atom stereocenters. The lowest BCUT2D eigenvalue weighted by atomic mass is 10.1. The first-order valence-electron chi connectivity index (χ1n) is 10.1. The van der Waals surface area contributed by atoms with E-state index in [2.05, 4.69) is 10.6 Å². The smallest absolute Gasteiger partial charge is 0.333 e. The predicted octanol–water partition coefficient (Wildman–Crippen LogP) is 4.01. The van der Waals surface area contributed by atoms with Gasteiger partial charge in [0.05, 0.1) is 20.6 Å². The molecule has 4 rings (SSSR count). The Hall–Kier alpha value is -3.58. The van der Waals surface area contributed by atoms with Crippen LogP contribution in [0.3, 0.4) is 0 Å². The maximum Gasteiger partial charge on any atom is 0.333 e. The SMILES string of the molecule is CNc1ccc2c(=O)n(-c3ccc(NC(=O)NS(=O)(=O)c4ccc(Cl)s4)cc3Cl)cc(C(N)=O)c2c1. The third-order valence-corrected chi connectivity index (χ3v) is 8.43. The number of urea groups is 1. The fraction of sp³-hybridized carbons (Fsp3) is 0.0455. The highest BCUT2D eigenvalue weighted by atomic mass is 35.5. The van der Waals surface area contributed by atoms with Crippen molar-refractivity contribution in [3.8, 4) is 5.69 Å². The fourth-order valence-electron chi connectivity index (χ4n) is 3.42. The van der Waals surface area contributed by atoms with E-state index in [1.165, 1.54) is 41.1 Å². The van der Waals surface area contributed by atoms with Crippen molar-refractivity contribution in [1.29, 1.82) is 0 Å². The van der Waals surface area contributed by atoms with Crippen LogP contribution < -0.4 is 26.6 Å². The van der Waals surface area contributed by atoms with Gasteiger partial charge in [-0.1, -0.05) is 23.2 Å². The van der Waals surface area contributed by atoms with E-state index in [4.69, 9.17) is 28.9 Å². The van der Waals surface area contributed by atoms with Crippen LogP contribution in [-0.4, -0.2) is 32.0 Å². The topological polar surface area (TPSA) is 152 Å². The maximum atomic E-state index is 13.2. The van der Waals surface area contributed by atoms with Gasteiger partial charge in [0.1, 0.15) is 4.21 Å².